The minimum absolute atomic E-state index is 0.123. The maximum atomic E-state index is 12.6. The van der Waals surface area contributed by atoms with E-state index < -0.39 is 16.9 Å². The molecule has 3 rings (SSSR count). The van der Waals surface area contributed by atoms with Gasteiger partial charge in [0.1, 0.15) is 11.5 Å². The quantitative estimate of drug-likeness (QED) is 0.382. The first kappa shape index (κ1) is 22.8. The Balaban J connectivity index is 1.68. The summed E-state index contributed by atoms with van der Waals surface area (Å²) >= 11 is 0. The van der Waals surface area contributed by atoms with Crippen molar-refractivity contribution in [3.8, 4) is 11.5 Å². The van der Waals surface area contributed by atoms with E-state index in [4.69, 9.17) is 9.47 Å². The van der Waals surface area contributed by atoms with Gasteiger partial charge in [0, 0.05) is 11.5 Å². The number of non-ortho nitro benzene ring substituents is 1. The van der Waals surface area contributed by atoms with Crippen LogP contribution >= 0.6 is 0 Å². The molecule has 3 aromatic rings. The average Bonchev–Trinajstić information content (AvgIpc) is 2.80. The van der Waals surface area contributed by atoms with Crippen LogP contribution in [0.4, 0.5) is 11.4 Å². The Morgan fingerprint density at radius 3 is 2.22 bits per heavy atom. The minimum Gasteiger partial charge on any atom is -0.494 e. The lowest BCUT2D eigenvalue weighted by molar-refractivity contribution is -0.384. The molecule has 0 radical (unpaired) electrons. The SMILES string of the molecule is COc1cc([N+](=O)[O-])ccc1NC(=O)C(C)Oc1ccc(C(C)(C)c2ccccc2)cc1. The van der Waals surface area contributed by atoms with E-state index in [0.29, 0.717) is 11.4 Å². The summed E-state index contributed by atoms with van der Waals surface area (Å²) < 4.78 is 11.0. The van der Waals surface area contributed by atoms with Crippen LogP contribution in [0.2, 0.25) is 0 Å². The van der Waals surface area contributed by atoms with Crippen LogP contribution in [0.15, 0.2) is 72.8 Å². The summed E-state index contributed by atoms with van der Waals surface area (Å²) in [4.78, 5) is 23.0. The number of nitro benzene ring substituents is 1. The molecule has 1 amide bonds. The number of hydrogen-bond acceptors (Lipinski definition) is 5. The lowest BCUT2D eigenvalue weighted by Gasteiger charge is -2.26. The van der Waals surface area contributed by atoms with Crippen LogP contribution in [-0.4, -0.2) is 24.0 Å². The number of hydrogen-bond donors (Lipinski definition) is 1. The van der Waals surface area contributed by atoms with Crippen molar-refractivity contribution >= 4 is 17.3 Å². The van der Waals surface area contributed by atoms with Crippen LogP contribution < -0.4 is 14.8 Å². The van der Waals surface area contributed by atoms with Crippen LogP contribution in [0.1, 0.15) is 31.9 Å². The second-order valence-corrected chi connectivity index (χ2v) is 7.91. The number of nitrogens with one attached hydrogen (secondary N) is 1. The molecule has 0 aliphatic rings. The molecule has 1 unspecified atom stereocenters. The maximum absolute atomic E-state index is 12.6. The molecule has 0 saturated carbocycles. The second kappa shape index (κ2) is 9.51. The van der Waals surface area contributed by atoms with Gasteiger partial charge in [-0.1, -0.05) is 56.3 Å². The minimum atomic E-state index is -0.789. The number of benzene rings is 3. The zero-order chi connectivity index (χ0) is 23.3. The van der Waals surface area contributed by atoms with Crippen molar-refractivity contribution in [3.05, 3.63) is 94.0 Å². The van der Waals surface area contributed by atoms with Crippen molar-refractivity contribution in [2.45, 2.75) is 32.3 Å². The Morgan fingerprint density at radius 1 is 1.00 bits per heavy atom. The normalized spacial score (nSPS) is 12.0. The highest BCUT2D eigenvalue weighted by Gasteiger charge is 2.23. The number of nitrogens with zero attached hydrogens (tertiary/aromatic N) is 1. The van der Waals surface area contributed by atoms with Crippen molar-refractivity contribution in [1.29, 1.82) is 0 Å². The number of carbonyl (C=O) groups is 1. The predicted octanol–water partition coefficient (Wildman–Crippen LogP) is 5.34. The topological polar surface area (TPSA) is 90.7 Å². The summed E-state index contributed by atoms with van der Waals surface area (Å²) in [6, 6.07) is 21.9. The van der Waals surface area contributed by atoms with Crippen LogP contribution in [0, 0.1) is 10.1 Å². The van der Waals surface area contributed by atoms with Crippen LogP contribution in [0.25, 0.3) is 0 Å². The van der Waals surface area contributed by atoms with Crippen molar-refractivity contribution < 1.29 is 19.2 Å². The molecule has 1 atom stereocenters. The first-order chi connectivity index (χ1) is 15.2. The Kier molecular flexibility index (Phi) is 6.78. The zero-order valence-electron chi connectivity index (χ0n) is 18.5. The van der Waals surface area contributed by atoms with E-state index in [2.05, 4.69) is 31.3 Å². The van der Waals surface area contributed by atoms with E-state index in [0.717, 1.165) is 5.56 Å². The van der Waals surface area contributed by atoms with Gasteiger partial charge < -0.3 is 14.8 Å². The fourth-order valence-electron chi connectivity index (χ4n) is 3.36. The first-order valence-electron chi connectivity index (χ1n) is 10.2. The predicted molar refractivity (Wildman–Crippen MR) is 123 cm³/mol. The van der Waals surface area contributed by atoms with E-state index in [9.17, 15) is 14.9 Å². The fraction of sp³-hybridized carbons (Fsp3) is 0.240. The number of methoxy groups -OCH3 is 1. The molecule has 32 heavy (non-hydrogen) atoms. The molecule has 0 aromatic heterocycles. The zero-order valence-corrected chi connectivity index (χ0v) is 18.5. The number of rotatable bonds is 8. The third-order valence-electron chi connectivity index (χ3n) is 5.41. The highest BCUT2D eigenvalue weighted by molar-refractivity contribution is 5.95. The Morgan fingerprint density at radius 2 is 1.62 bits per heavy atom. The molecular weight excluding hydrogens is 408 g/mol. The molecule has 7 heteroatoms. The largest absolute Gasteiger partial charge is 0.494 e. The molecule has 3 aromatic carbocycles. The van der Waals surface area contributed by atoms with E-state index in [1.807, 2.05) is 42.5 Å². The van der Waals surface area contributed by atoms with Gasteiger partial charge in [-0.3, -0.25) is 14.9 Å². The van der Waals surface area contributed by atoms with Crippen molar-refractivity contribution in [3.63, 3.8) is 0 Å². The molecular formula is C25H26N2O5. The molecule has 1 N–H and O–H groups in total. The molecule has 0 bridgehead atoms. The van der Waals surface area contributed by atoms with Gasteiger partial charge in [-0.2, -0.15) is 0 Å². The first-order valence-corrected chi connectivity index (χ1v) is 10.2. The van der Waals surface area contributed by atoms with E-state index in [1.165, 1.54) is 30.9 Å². The number of carbonyl (C=O) groups excluding carboxylic acids is 1. The average molecular weight is 434 g/mol. The number of ether oxygens (including phenoxy) is 2. The van der Waals surface area contributed by atoms with Crippen molar-refractivity contribution in [2.75, 3.05) is 12.4 Å². The summed E-state index contributed by atoms with van der Waals surface area (Å²) in [5.74, 6) is 0.369. The van der Waals surface area contributed by atoms with E-state index in [1.54, 1.807) is 6.92 Å². The molecule has 0 saturated heterocycles. The van der Waals surface area contributed by atoms with Gasteiger partial charge in [-0.15, -0.1) is 0 Å². The highest BCUT2D eigenvalue weighted by atomic mass is 16.6. The van der Waals surface area contributed by atoms with Crippen LogP contribution in [-0.2, 0) is 10.2 Å². The number of nitro groups is 1. The van der Waals surface area contributed by atoms with Gasteiger partial charge in [-0.25, -0.2) is 0 Å². The highest BCUT2D eigenvalue weighted by Crippen LogP contribution is 2.32. The van der Waals surface area contributed by atoms with Gasteiger partial charge in [0.25, 0.3) is 11.6 Å². The standard InChI is InChI=1S/C25H26N2O5/c1-17(24(28)26-22-15-12-20(27(29)30)16-23(22)31-4)32-21-13-10-19(11-14-21)25(2,3)18-8-6-5-7-9-18/h5-17H,1-4H3,(H,26,28). The molecule has 0 fully saturated rings. The van der Waals surface area contributed by atoms with Gasteiger partial charge >= 0.3 is 0 Å². The Hall–Kier alpha value is -3.87. The molecule has 166 valence electrons. The summed E-state index contributed by atoms with van der Waals surface area (Å²) in [6.07, 6.45) is -0.789. The second-order valence-electron chi connectivity index (χ2n) is 7.91. The molecule has 0 spiro atoms. The summed E-state index contributed by atoms with van der Waals surface area (Å²) in [7, 11) is 1.38. The summed E-state index contributed by atoms with van der Waals surface area (Å²) in [5.41, 5.74) is 2.37. The van der Waals surface area contributed by atoms with Gasteiger partial charge in [0.05, 0.1) is 23.8 Å². The van der Waals surface area contributed by atoms with Crippen LogP contribution in [0.3, 0.4) is 0 Å². The number of anilines is 1. The molecule has 0 aliphatic heterocycles. The summed E-state index contributed by atoms with van der Waals surface area (Å²) in [6.45, 7) is 5.95. The maximum Gasteiger partial charge on any atom is 0.273 e. The molecule has 7 nitrogen and oxygen atoms in total. The monoisotopic (exact) mass is 434 g/mol. The van der Waals surface area contributed by atoms with Gasteiger partial charge in [0.2, 0.25) is 0 Å². The lowest BCUT2D eigenvalue weighted by Crippen LogP contribution is -2.30. The van der Waals surface area contributed by atoms with Crippen molar-refractivity contribution in [1.82, 2.24) is 0 Å². The van der Waals surface area contributed by atoms with Gasteiger partial charge in [0.15, 0.2) is 6.10 Å². The van der Waals surface area contributed by atoms with Gasteiger partial charge in [-0.05, 0) is 36.2 Å². The fourth-order valence-corrected chi connectivity index (χ4v) is 3.36. The third-order valence-corrected chi connectivity index (χ3v) is 5.41. The van der Waals surface area contributed by atoms with Crippen LogP contribution in [0.5, 0.6) is 11.5 Å². The smallest absolute Gasteiger partial charge is 0.273 e. The Labute approximate surface area is 187 Å². The van der Waals surface area contributed by atoms with E-state index >= 15 is 0 Å². The summed E-state index contributed by atoms with van der Waals surface area (Å²) in [5, 5.41) is 13.6. The Bertz CT molecular complexity index is 1100. The number of amides is 1. The van der Waals surface area contributed by atoms with E-state index in [-0.39, 0.29) is 16.9 Å². The third kappa shape index (κ3) is 5.06. The lowest BCUT2D eigenvalue weighted by atomic mass is 9.78. The molecule has 0 heterocycles. The van der Waals surface area contributed by atoms with Crippen molar-refractivity contribution in [2.24, 2.45) is 0 Å². The molecule has 0 aliphatic carbocycles.